The first-order valence-corrected chi connectivity index (χ1v) is 10.6. The lowest BCUT2D eigenvalue weighted by atomic mass is 10.2. The molecule has 3 aromatic rings. The van der Waals surface area contributed by atoms with Crippen molar-refractivity contribution < 1.29 is 18.1 Å². The van der Waals surface area contributed by atoms with Crippen molar-refractivity contribution in [2.75, 3.05) is 36.4 Å². The van der Waals surface area contributed by atoms with Crippen LogP contribution in [0, 0.1) is 10.1 Å². The summed E-state index contributed by atoms with van der Waals surface area (Å²) in [5.74, 6) is -0.282. The van der Waals surface area contributed by atoms with Crippen molar-refractivity contribution in [3.05, 3.63) is 75.2 Å². The number of anilines is 3. The predicted molar refractivity (Wildman–Crippen MR) is 120 cm³/mol. The number of pyridine rings is 1. The smallest absolute Gasteiger partial charge is 0.348 e. The second kappa shape index (κ2) is 9.77. The van der Waals surface area contributed by atoms with Gasteiger partial charge in [0.1, 0.15) is 6.33 Å². The van der Waals surface area contributed by atoms with Crippen molar-refractivity contribution in [3.8, 4) is 0 Å². The average molecular weight is 494 g/mol. The molecule has 2 aromatic heterocycles. The molecule has 0 bridgehead atoms. The van der Waals surface area contributed by atoms with E-state index in [1.807, 2.05) is 30.3 Å². The summed E-state index contributed by atoms with van der Waals surface area (Å²) >= 11 is 5.93. The first kappa shape index (κ1) is 23.6. The summed E-state index contributed by atoms with van der Waals surface area (Å²) in [7, 11) is 0. The molecule has 1 aliphatic heterocycles. The molecule has 1 N–H and O–H groups in total. The molecule has 178 valence electrons. The van der Waals surface area contributed by atoms with Crippen LogP contribution in [0.4, 0.5) is 36.3 Å². The number of aromatic nitrogens is 3. The molecular weight excluding hydrogens is 475 g/mol. The highest BCUT2D eigenvalue weighted by atomic mass is 35.5. The van der Waals surface area contributed by atoms with Crippen molar-refractivity contribution in [3.63, 3.8) is 0 Å². The Kier molecular flexibility index (Phi) is 6.80. The van der Waals surface area contributed by atoms with Gasteiger partial charge in [0.25, 0.3) is 0 Å². The Balaban J connectivity index is 1.53. The van der Waals surface area contributed by atoms with E-state index in [9.17, 15) is 23.3 Å². The molecular formula is C21H19ClF3N7O2. The van der Waals surface area contributed by atoms with E-state index in [2.05, 4.69) is 25.2 Å². The summed E-state index contributed by atoms with van der Waals surface area (Å²) in [6.45, 7) is 3.12. The Morgan fingerprint density at radius 2 is 1.76 bits per heavy atom. The lowest BCUT2D eigenvalue weighted by Gasteiger charge is -2.35. The maximum atomic E-state index is 12.9. The summed E-state index contributed by atoms with van der Waals surface area (Å²) in [5, 5.41) is 14.1. The zero-order valence-electron chi connectivity index (χ0n) is 17.7. The number of hydrogen-bond acceptors (Lipinski definition) is 8. The fourth-order valence-electron chi connectivity index (χ4n) is 3.62. The molecule has 1 fully saturated rings. The second-order valence-electron chi connectivity index (χ2n) is 7.58. The zero-order valence-corrected chi connectivity index (χ0v) is 18.4. The Morgan fingerprint density at radius 3 is 2.38 bits per heavy atom. The zero-order chi connectivity index (χ0) is 24.3. The van der Waals surface area contributed by atoms with Crippen molar-refractivity contribution in [1.29, 1.82) is 0 Å². The van der Waals surface area contributed by atoms with Gasteiger partial charge in [0.05, 0.1) is 15.5 Å². The Bertz CT molecular complexity index is 1170. The van der Waals surface area contributed by atoms with Crippen molar-refractivity contribution in [1.82, 2.24) is 19.9 Å². The van der Waals surface area contributed by atoms with Crippen molar-refractivity contribution in [2.45, 2.75) is 12.7 Å². The number of nitrogens with one attached hydrogen (secondary N) is 1. The molecule has 4 rings (SSSR count). The second-order valence-corrected chi connectivity index (χ2v) is 7.98. The van der Waals surface area contributed by atoms with Gasteiger partial charge in [-0.2, -0.15) is 13.2 Å². The van der Waals surface area contributed by atoms with Crippen molar-refractivity contribution >= 4 is 34.7 Å². The monoisotopic (exact) mass is 493 g/mol. The Hall–Kier alpha value is -3.51. The lowest BCUT2D eigenvalue weighted by molar-refractivity contribution is -0.383. The Labute approximate surface area is 197 Å². The topological polar surface area (TPSA) is 100 Å². The lowest BCUT2D eigenvalue weighted by Crippen LogP contribution is -2.46. The van der Waals surface area contributed by atoms with Crippen molar-refractivity contribution in [2.24, 2.45) is 0 Å². The van der Waals surface area contributed by atoms with Crippen LogP contribution in [-0.2, 0) is 12.7 Å². The highest BCUT2D eigenvalue weighted by Crippen LogP contribution is 2.37. The minimum atomic E-state index is -4.62. The van der Waals surface area contributed by atoms with Gasteiger partial charge in [-0.05, 0) is 11.6 Å². The highest BCUT2D eigenvalue weighted by Gasteiger charge is 2.33. The van der Waals surface area contributed by atoms with E-state index in [0.717, 1.165) is 12.9 Å². The van der Waals surface area contributed by atoms with E-state index >= 15 is 0 Å². The first-order valence-electron chi connectivity index (χ1n) is 10.2. The molecule has 1 saturated heterocycles. The molecule has 0 amide bonds. The molecule has 9 nitrogen and oxygen atoms in total. The highest BCUT2D eigenvalue weighted by molar-refractivity contribution is 6.33. The summed E-state index contributed by atoms with van der Waals surface area (Å²) in [5.41, 5.74) is -0.262. The summed E-state index contributed by atoms with van der Waals surface area (Å²) < 4.78 is 38.6. The van der Waals surface area contributed by atoms with Gasteiger partial charge in [-0.25, -0.2) is 15.0 Å². The minimum Gasteiger partial charge on any atom is -0.348 e. The van der Waals surface area contributed by atoms with Gasteiger partial charge in [0, 0.05) is 38.9 Å². The molecule has 0 saturated carbocycles. The van der Waals surface area contributed by atoms with Crippen LogP contribution in [0.3, 0.4) is 0 Å². The third-order valence-electron chi connectivity index (χ3n) is 5.31. The molecule has 1 aliphatic rings. The third-order valence-corrected chi connectivity index (χ3v) is 5.60. The normalized spacial score (nSPS) is 14.8. The van der Waals surface area contributed by atoms with Gasteiger partial charge >= 0.3 is 11.9 Å². The average Bonchev–Trinajstić information content (AvgIpc) is 2.80. The maximum absolute atomic E-state index is 12.9. The van der Waals surface area contributed by atoms with Gasteiger partial charge in [-0.3, -0.25) is 15.0 Å². The molecule has 0 radical (unpaired) electrons. The Morgan fingerprint density at radius 1 is 1.06 bits per heavy atom. The van der Waals surface area contributed by atoms with Crippen LogP contribution in [0.25, 0.3) is 0 Å². The van der Waals surface area contributed by atoms with Crippen LogP contribution in [-0.4, -0.2) is 51.0 Å². The number of nitrogens with zero attached hydrogens (tertiary/aromatic N) is 6. The summed E-state index contributed by atoms with van der Waals surface area (Å²) in [4.78, 5) is 27.0. The number of piperazine rings is 1. The third kappa shape index (κ3) is 5.34. The van der Waals surface area contributed by atoms with Crippen LogP contribution >= 0.6 is 11.6 Å². The van der Waals surface area contributed by atoms with Gasteiger partial charge in [-0.1, -0.05) is 41.9 Å². The summed E-state index contributed by atoms with van der Waals surface area (Å²) in [6, 6.07) is 10.7. The first-order chi connectivity index (χ1) is 16.2. The molecule has 34 heavy (non-hydrogen) atoms. The number of rotatable bonds is 6. The molecule has 1 aromatic carbocycles. The minimum absolute atomic E-state index is 0.116. The van der Waals surface area contributed by atoms with Crippen LogP contribution in [0.2, 0.25) is 5.02 Å². The molecule has 13 heteroatoms. The van der Waals surface area contributed by atoms with Gasteiger partial charge in [-0.15, -0.1) is 0 Å². The van der Waals surface area contributed by atoms with Crippen LogP contribution in [0.1, 0.15) is 11.1 Å². The largest absolute Gasteiger partial charge is 0.417 e. The molecule has 0 unspecified atom stereocenters. The number of benzene rings is 1. The summed E-state index contributed by atoms with van der Waals surface area (Å²) in [6.07, 6.45) is -2.88. The quantitative estimate of drug-likeness (QED) is 0.395. The number of halogens is 4. The van der Waals surface area contributed by atoms with Gasteiger partial charge < -0.3 is 10.2 Å². The van der Waals surface area contributed by atoms with E-state index in [-0.39, 0.29) is 22.5 Å². The molecule has 0 aliphatic carbocycles. The SMILES string of the molecule is O=[N+]([O-])c1c(Nc2ncc(C(F)(F)F)cc2Cl)ncnc1N1CCN(Cc2ccccc2)CC1. The fraction of sp³-hybridized carbons (Fsp3) is 0.286. The number of hydrogen-bond donors (Lipinski definition) is 1. The molecule has 0 atom stereocenters. The van der Waals surface area contributed by atoms with Crippen LogP contribution in [0.15, 0.2) is 48.9 Å². The standard InChI is InChI=1S/C21H19ClF3N7O2/c22-16-10-15(21(23,24)25)11-26-18(16)29-19-17(32(33)34)20(28-13-27-19)31-8-6-30(7-9-31)12-14-4-2-1-3-5-14/h1-5,10-11,13H,6-9,12H2,(H,26,27,28,29). The van der Waals surface area contributed by atoms with E-state index in [4.69, 9.17) is 11.6 Å². The maximum Gasteiger partial charge on any atom is 0.417 e. The predicted octanol–water partition coefficient (Wildman–Crippen LogP) is 4.52. The number of alkyl halides is 3. The van der Waals surface area contributed by atoms with E-state index < -0.39 is 22.4 Å². The van der Waals surface area contributed by atoms with E-state index in [0.29, 0.717) is 38.4 Å². The van der Waals surface area contributed by atoms with Crippen LogP contribution < -0.4 is 10.2 Å². The molecule has 0 spiro atoms. The molecule has 3 heterocycles. The number of nitro groups is 1. The van der Waals surface area contributed by atoms with E-state index in [1.54, 1.807) is 4.90 Å². The fourth-order valence-corrected chi connectivity index (χ4v) is 3.83. The van der Waals surface area contributed by atoms with E-state index in [1.165, 1.54) is 5.56 Å². The van der Waals surface area contributed by atoms with Gasteiger partial charge in [0.15, 0.2) is 5.82 Å². The van der Waals surface area contributed by atoms with Gasteiger partial charge in [0.2, 0.25) is 11.6 Å². The van der Waals surface area contributed by atoms with Crippen LogP contribution in [0.5, 0.6) is 0 Å².